The molecule has 2 amide bonds. The topological polar surface area (TPSA) is 142 Å². The van der Waals surface area contributed by atoms with Crippen molar-refractivity contribution < 1.29 is 38.1 Å². The molecule has 4 aliphatic rings. The highest BCUT2D eigenvalue weighted by atomic mass is 32.2. The molecule has 2 saturated heterocycles. The van der Waals surface area contributed by atoms with Crippen molar-refractivity contribution in [1.29, 1.82) is 0 Å². The van der Waals surface area contributed by atoms with E-state index in [1.54, 1.807) is 12.1 Å². The number of nitrogens with one attached hydrogen (secondary N) is 2. The molecule has 16 heteroatoms. The normalized spacial score (nSPS) is 20.5. The fourth-order valence-corrected chi connectivity index (χ4v) is 9.99. The lowest BCUT2D eigenvalue weighted by Crippen LogP contribution is -2.42. The Morgan fingerprint density at radius 1 is 0.636 bits per heavy atom. The number of ether oxygens (including phenoxy) is 4. The third kappa shape index (κ3) is 11.5. The standard InChI is InChI=1S/C50H58N6O8S2/c1-53-31-45(63-47-39(23-37(65-3)25-41(47)53)49(59)51-27-35-17-11-21-55(35)29-33-13-7-5-8-14-33)61-43(57)19-20-44(58)62-46-32-54(2)42-26-38(66-4)24-40(48(42)64-46)50(60)52-28-36-18-12-22-56(36)30-34-15-9-6-10-16-34/h5-10,13-16,19-20,23-26,35-36,45-46H,11-12,17-18,21-22,27-32H2,1-4H3,(H,51,59)(H,52,60)/b20-19+/t35?,36?,45-,46-/m1/s1. The molecule has 4 aromatic rings. The summed E-state index contributed by atoms with van der Waals surface area (Å²) in [5.41, 5.74) is 4.57. The number of benzene rings is 4. The van der Waals surface area contributed by atoms with Gasteiger partial charge in [0.1, 0.15) is 0 Å². The van der Waals surface area contributed by atoms with Gasteiger partial charge in [0.25, 0.3) is 24.4 Å². The Balaban J connectivity index is 0.866. The number of amides is 2. The van der Waals surface area contributed by atoms with Crippen molar-refractivity contribution in [2.24, 2.45) is 0 Å². The maximum absolute atomic E-state index is 13.9. The first-order valence-electron chi connectivity index (χ1n) is 22.5. The molecule has 0 aromatic heterocycles. The van der Waals surface area contributed by atoms with Gasteiger partial charge < -0.3 is 39.4 Å². The molecule has 0 spiro atoms. The van der Waals surface area contributed by atoms with Gasteiger partial charge >= 0.3 is 11.9 Å². The number of fused-ring (bicyclic) bond motifs is 2. The minimum absolute atomic E-state index is 0.189. The molecular weight excluding hydrogens is 877 g/mol. The first kappa shape index (κ1) is 46.8. The zero-order chi connectivity index (χ0) is 46.2. The summed E-state index contributed by atoms with van der Waals surface area (Å²) < 4.78 is 23.7. The second-order valence-electron chi connectivity index (χ2n) is 17.0. The van der Waals surface area contributed by atoms with Crippen LogP contribution in [0.3, 0.4) is 0 Å². The second-order valence-corrected chi connectivity index (χ2v) is 18.8. The number of hydrogen-bond donors (Lipinski definition) is 2. The van der Waals surface area contributed by atoms with Crippen LogP contribution in [0.4, 0.5) is 11.4 Å². The lowest BCUT2D eigenvalue weighted by atomic mass is 10.1. The van der Waals surface area contributed by atoms with Crippen molar-refractivity contribution in [3.63, 3.8) is 0 Å². The summed E-state index contributed by atoms with van der Waals surface area (Å²) in [6, 6.07) is 28.5. The Morgan fingerprint density at radius 3 is 1.44 bits per heavy atom. The molecule has 0 aliphatic carbocycles. The van der Waals surface area contributed by atoms with Crippen LogP contribution in [-0.4, -0.2) is 124 Å². The maximum Gasteiger partial charge on any atom is 0.334 e. The molecule has 4 aliphatic heterocycles. The van der Waals surface area contributed by atoms with E-state index in [2.05, 4.69) is 44.7 Å². The molecule has 4 heterocycles. The van der Waals surface area contributed by atoms with Crippen LogP contribution in [0.2, 0.25) is 0 Å². The van der Waals surface area contributed by atoms with Crippen molar-refractivity contribution >= 4 is 58.7 Å². The van der Waals surface area contributed by atoms with Gasteiger partial charge in [-0.3, -0.25) is 19.4 Å². The number of carbonyl (C=O) groups excluding carboxylic acids is 4. The van der Waals surface area contributed by atoms with Crippen LogP contribution in [-0.2, 0) is 32.2 Å². The molecule has 66 heavy (non-hydrogen) atoms. The Hall–Kier alpha value is -5.68. The van der Waals surface area contributed by atoms with Crippen LogP contribution in [0.1, 0.15) is 57.5 Å². The average molecular weight is 935 g/mol. The van der Waals surface area contributed by atoms with E-state index in [1.807, 2.05) is 84.9 Å². The second kappa shape index (κ2) is 21.7. The van der Waals surface area contributed by atoms with Crippen LogP contribution in [0.25, 0.3) is 0 Å². The number of likely N-dealkylation sites (N-methyl/N-ethyl adjacent to an activating group) is 2. The summed E-state index contributed by atoms with van der Waals surface area (Å²) in [4.78, 5) is 64.3. The predicted octanol–water partition coefficient (Wildman–Crippen LogP) is 6.57. The largest absolute Gasteiger partial charge is 0.450 e. The van der Waals surface area contributed by atoms with Crippen molar-refractivity contribution in [2.45, 2.75) is 73.2 Å². The number of thioether (sulfide) groups is 2. The minimum Gasteiger partial charge on any atom is -0.450 e. The van der Waals surface area contributed by atoms with E-state index in [1.165, 1.54) is 34.7 Å². The van der Waals surface area contributed by atoms with Gasteiger partial charge in [-0.1, -0.05) is 60.7 Å². The Bertz CT molecular complexity index is 2240. The first-order chi connectivity index (χ1) is 32.0. The molecule has 2 unspecified atom stereocenters. The third-order valence-electron chi connectivity index (χ3n) is 12.5. The van der Waals surface area contributed by atoms with E-state index in [9.17, 15) is 19.2 Å². The molecule has 0 bridgehead atoms. The minimum atomic E-state index is -1.07. The molecule has 4 aromatic carbocycles. The summed E-state index contributed by atoms with van der Waals surface area (Å²) in [5, 5.41) is 6.29. The molecule has 0 saturated carbocycles. The van der Waals surface area contributed by atoms with Crippen LogP contribution < -0.4 is 29.9 Å². The fourth-order valence-electron chi connectivity index (χ4n) is 9.06. The highest BCUT2D eigenvalue weighted by molar-refractivity contribution is 7.98. The van der Waals surface area contributed by atoms with Gasteiger partial charge in [-0.05, 0) is 86.7 Å². The van der Waals surface area contributed by atoms with Gasteiger partial charge in [-0.2, -0.15) is 0 Å². The van der Waals surface area contributed by atoms with Crippen LogP contribution in [0.5, 0.6) is 11.5 Å². The van der Waals surface area contributed by atoms with Crippen molar-refractivity contribution in [1.82, 2.24) is 20.4 Å². The molecule has 14 nitrogen and oxygen atoms in total. The Kier molecular flexibility index (Phi) is 15.4. The quantitative estimate of drug-likeness (QED) is 0.0711. The number of nitrogens with zero attached hydrogens (tertiary/aromatic N) is 4. The molecule has 2 N–H and O–H groups in total. The van der Waals surface area contributed by atoms with Crippen molar-refractivity contribution in [2.75, 3.05) is 75.7 Å². The average Bonchev–Trinajstić information content (AvgIpc) is 3.97. The lowest BCUT2D eigenvalue weighted by molar-refractivity contribution is -0.160. The van der Waals surface area contributed by atoms with Gasteiger partial charge in [0, 0.05) is 74.3 Å². The van der Waals surface area contributed by atoms with E-state index in [-0.39, 0.29) is 37.0 Å². The number of esters is 2. The summed E-state index contributed by atoms with van der Waals surface area (Å²) in [6.07, 6.45) is 7.81. The molecule has 2 fully saturated rings. The van der Waals surface area contributed by atoms with Crippen molar-refractivity contribution in [3.05, 3.63) is 119 Å². The smallest absolute Gasteiger partial charge is 0.334 e. The zero-order valence-corrected chi connectivity index (χ0v) is 39.5. The van der Waals surface area contributed by atoms with Crippen molar-refractivity contribution in [3.8, 4) is 11.5 Å². The SMILES string of the molecule is CSc1cc(C(=O)NCC2CCCN2Cc2ccccc2)c2c(c1)N(C)C[C@H](OC(=O)/C=C/C(=O)O[C@H]1CN(C)c3cc(SC)cc(C(=O)NCC4CCCN4Cc4ccccc4)c3O1)O2. The lowest BCUT2D eigenvalue weighted by Gasteiger charge is -2.34. The maximum atomic E-state index is 13.9. The van der Waals surface area contributed by atoms with Gasteiger partial charge in [-0.15, -0.1) is 23.5 Å². The fraction of sp³-hybridized carbons (Fsp3) is 0.400. The summed E-state index contributed by atoms with van der Waals surface area (Å²) in [6.45, 7) is 4.93. The zero-order valence-electron chi connectivity index (χ0n) is 37.9. The van der Waals surface area contributed by atoms with E-state index in [0.29, 0.717) is 47.1 Å². The van der Waals surface area contributed by atoms with Gasteiger partial charge in [0.2, 0.25) is 0 Å². The Morgan fingerprint density at radius 2 is 1.05 bits per heavy atom. The van der Waals surface area contributed by atoms with E-state index in [0.717, 1.165) is 73.8 Å². The highest BCUT2D eigenvalue weighted by Crippen LogP contribution is 2.41. The van der Waals surface area contributed by atoms with Crippen LogP contribution in [0, 0.1) is 0 Å². The highest BCUT2D eigenvalue weighted by Gasteiger charge is 2.34. The predicted molar refractivity (Wildman–Crippen MR) is 258 cm³/mol. The third-order valence-corrected chi connectivity index (χ3v) is 13.9. The monoisotopic (exact) mass is 934 g/mol. The molecule has 0 radical (unpaired) electrons. The molecular formula is C50H58N6O8S2. The van der Waals surface area contributed by atoms with E-state index >= 15 is 0 Å². The summed E-state index contributed by atoms with van der Waals surface area (Å²) in [7, 11) is 3.68. The van der Waals surface area contributed by atoms with Crippen LogP contribution >= 0.6 is 23.5 Å². The summed E-state index contributed by atoms with van der Waals surface area (Å²) >= 11 is 3.04. The van der Waals surface area contributed by atoms with Gasteiger partial charge in [-0.25, -0.2) is 9.59 Å². The van der Waals surface area contributed by atoms with Gasteiger partial charge in [0.15, 0.2) is 11.5 Å². The first-order valence-corrected chi connectivity index (χ1v) is 24.9. The number of likely N-dealkylation sites (tertiary alicyclic amines) is 2. The number of carbonyl (C=O) groups is 4. The molecule has 8 rings (SSSR count). The van der Waals surface area contributed by atoms with Gasteiger partial charge in [0.05, 0.1) is 35.6 Å². The van der Waals surface area contributed by atoms with E-state index < -0.39 is 24.5 Å². The molecule has 4 atom stereocenters. The number of anilines is 2. The number of rotatable bonds is 16. The van der Waals surface area contributed by atoms with E-state index in [4.69, 9.17) is 18.9 Å². The summed E-state index contributed by atoms with van der Waals surface area (Å²) in [5.74, 6) is -1.59. The Labute approximate surface area is 395 Å². The molecule has 348 valence electrons. The number of hydrogen-bond acceptors (Lipinski definition) is 14. The van der Waals surface area contributed by atoms with Crippen LogP contribution in [0.15, 0.2) is 107 Å².